The molecule has 6 unspecified atom stereocenters. The van der Waals surface area contributed by atoms with E-state index < -0.39 is 0 Å². The summed E-state index contributed by atoms with van der Waals surface area (Å²) in [6, 6.07) is 40.6. The number of rotatable bonds is 3. The molecule has 2 heterocycles. The molecule has 1 aromatic heterocycles. The highest BCUT2D eigenvalue weighted by molar-refractivity contribution is 7.99. The van der Waals surface area contributed by atoms with Crippen LogP contribution in [0.2, 0.25) is 0 Å². The van der Waals surface area contributed by atoms with Crippen LogP contribution in [0.3, 0.4) is 0 Å². The van der Waals surface area contributed by atoms with Gasteiger partial charge >= 0.3 is 0 Å². The van der Waals surface area contributed by atoms with E-state index in [0.717, 1.165) is 23.7 Å². The first-order valence-electron chi connectivity index (χ1n) is 19.5. The summed E-state index contributed by atoms with van der Waals surface area (Å²) >= 11 is 3.95. The van der Waals surface area contributed by atoms with Gasteiger partial charge in [0.1, 0.15) is 0 Å². The van der Waals surface area contributed by atoms with Crippen molar-refractivity contribution in [2.45, 2.75) is 92.3 Å². The van der Waals surface area contributed by atoms with Crippen LogP contribution in [0.25, 0.3) is 20.2 Å². The Morgan fingerprint density at radius 2 is 1.33 bits per heavy atom. The predicted molar refractivity (Wildman–Crippen MR) is 216 cm³/mol. The molecule has 6 atom stereocenters. The van der Waals surface area contributed by atoms with Crippen molar-refractivity contribution in [1.82, 2.24) is 0 Å². The molecule has 0 radical (unpaired) electrons. The van der Waals surface area contributed by atoms with E-state index in [2.05, 4.69) is 136 Å². The first kappa shape index (κ1) is 30.0. The van der Waals surface area contributed by atoms with Crippen LogP contribution < -0.4 is 4.90 Å². The topological polar surface area (TPSA) is 3.24 Å². The number of hydrogen-bond acceptors (Lipinski definition) is 3. The van der Waals surface area contributed by atoms with Gasteiger partial charge in [0.15, 0.2) is 0 Å². The van der Waals surface area contributed by atoms with Gasteiger partial charge in [-0.1, -0.05) is 94.1 Å². The first-order chi connectivity index (χ1) is 24.7. The van der Waals surface area contributed by atoms with Crippen LogP contribution in [0.5, 0.6) is 0 Å². The second-order valence-corrected chi connectivity index (χ2v) is 20.6. The van der Waals surface area contributed by atoms with Crippen molar-refractivity contribution in [2.24, 2.45) is 29.1 Å². The summed E-state index contributed by atoms with van der Waals surface area (Å²) in [6.45, 7) is 9.87. The third-order valence-corrected chi connectivity index (χ3v) is 17.7. The maximum Gasteiger partial charge on any atom is 0.0502 e. The van der Waals surface area contributed by atoms with Gasteiger partial charge in [0.05, 0.1) is 5.69 Å². The summed E-state index contributed by atoms with van der Waals surface area (Å²) in [5.74, 6) is 3.59. The van der Waals surface area contributed by atoms with Crippen molar-refractivity contribution in [3.63, 3.8) is 0 Å². The summed E-state index contributed by atoms with van der Waals surface area (Å²) in [6.07, 6.45) is 8.31. The average molecular weight is 700 g/mol. The van der Waals surface area contributed by atoms with Crippen molar-refractivity contribution in [1.29, 1.82) is 0 Å². The van der Waals surface area contributed by atoms with Gasteiger partial charge in [0.2, 0.25) is 0 Å². The number of thiophene rings is 1. The lowest BCUT2D eigenvalue weighted by Gasteiger charge is -2.78. The molecule has 12 rings (SSSR count). The lowest BCUT2D eigenvalue weighted by Crippen LogP contribution is -2.74. The van der Waals surface area contributed by atoms with Gasteiger partial charge in [-0.15, -0.1) is 11.3 Å². The van der Waals surface area contributed by atoms with Gasteiger partial charge in [0.25, 0.3) is 0 Å². The molecule has 4 fully saturated rings. The van der Waals surface area contributed by atoms with Crippen molar-refractivity contribution in [3.8, 4) is 0 Å². The summed E-state index contributed by atoms with van der Waals surface area (Å²) in [4.78, 5) is 5.63. The van der Waals surface area contributed by atoms with Crippen molar-refractivity contribution >= 4 is 60.3 Å². The van der Waals surface area contributed by atoms with Crippen LogP contribution in [-0.2, 0) is 16.2 Å². The second-order valence-electron chi connectivity index (χ2n) is 18.4. The molecule has 2 spiro atoms. The van der Waals surface area contributed by atoms with Crippen molar-refractivity contribution < 1.29 is 0 Å². The maximum absolute atomic E-state index is 2.64. The molecule has 1 nitrogen and oxygen atoms in total. The number of fused-ring (bicyclic) bond motifs is 11. The summed E-state index contributed by atoms with van der Waals surface area (Å²) in [7, 11) is 0. The van der Waals surface area contributed by atoms with Gasteiger partial charge in [-0.3, -0.25) is 0 Å². The highest BCUT2D eigenvalue weighted by Crippen LogP contribution is 2.89. The summed E-state index contributed by atoms with van der Waals surface area (Å²) < 4.78 is 2.72. The SMILES string of the molecule is CC1(C)CCC(C)(C)c2c(N(c3ccc4c(c3)Sc3ccccc3C43C4CC5CC6CC3C64C5)c3ccc4sc5ccccc5c4c3)cccc21. The molecule has 5 aliphatic carbocycles. The van der Waals surface area contributed by atoms with Crippen LogP contribution in [0, 0.1) is 29.1 Å². The molecule has 254 valence electrons. The standard InChI is InChI=1S/C48H45NS2/c1-45(2)20-21-46(3,4)44-36(45)12-9-13-37(44)49(30-17-19-39-33(25-30)32-10-5-7-14-38(32)50-39)31-16-18-35-41(26-31)51-40-15-8-6-11-34(40)48(35)42-23-28-22-29-24-43(48)47(29,42)27-28/h5-19,25-26,28-29,42-43H,20-24,27H2,1-4H3. The Morgan fingerprint density at radius 3 is 2.24 bits per heavy atom. The quantitative estimate of drug-likeness (QED) is 0.181. The number of hydrogen-bond donors (Lipinski definition) is 0. The zero-order chi connectivity index (χ0) is 34.1. The molecule has 6 aromatic rings. The summed E-state index contributed by atoms with van der Waals surface area (Å²) in [5, 5.41) is 2.72. The fraction of sp³-hybridized carbons (Fsp3) is 0.375. The Morgan fingerprint density at radius 1 is 0.608 bits per heavy atom. The Kier molecular flexibility index (Phi) is 5.71. The van der Waals surface area contributed by atoms with Crippen LogP contribution in [0.1, 0.15) is 88.5 Å². The molecular weight excluding hydrogens is 655 g/mol. The predicted octanol–water partition coefficient (Wildman–Crippen LogP) is 13.7. The molecule has 0 amide bonds. The van der Waals surface area contributed by atoms with Gasteiger partial charge in [0, 0.05) is 46.8 Å². The molecule has 1 aliphatic heterocycles. The van der Waals surface area contributed by atoms with Crippen molar-refractivity contribution in [2.75, 3.05) is 4.90 Å². The molecular formula is C48H45NS2. The Bertz CT molecular complexity index is 2480. The van der Waals surface area contributed by atoms with Crippen LogP contribution in [-0.4, -0.2) is 0 Å². The van der Waals surface area contributed by atoms with E-state index in [0.29, 0.717) is 5.41 Å². The van der Waals surface area contributed by atoms with E-state index in [1.807, 2.05) is 23.1 Å². The zero-order valence-corrected chi connectivity index (χ0v) is 31.8. The van der Waals surface area contributed by atoms with Crippen LogP contribution in [0.15, 0.2) is 113 Å². The molecule has 3 heteroatoms. The largest absolute Gasteiger partial charge is 0.310 e. The van der Waals surface area contributed by atoms with Crippen molar-refractivity contribution in [3.05, 3.63) is 125 Å². The van der Waals surface area contributed by atoms with Gasteiger partial charge in [-0.05, 0) is 149 Å². The Labute approximate surface area is 310 Å². The highest BCUT2D eigenvalue weighted by Gasteiger charge is 2.84. The Balaban J connectivity index is 1.09. The average Bonchev–Trinajstić information content (AvgIpc) is 3.79. The lowest BCUT2D eigenvalue weighted by molar-refractivity contribution is -0.235. The molecule has 4 saturated carbocycles. The van der Waals surface area contributed by atoms with Gasteiger partial charge in [-0.25, -0.2) is 0 Å². The van der Waals surface area contributed by atoms with Gasteiger partial charge < -0.3 is 4.90 Å². The molecule has 5 aromatic carbocycles. The lowest BCUT2D eigenvalue weighted by atomic mass is 9.26. The highest BCUT2D eigenvalue weighted by atomic mass is 32.2. The number of nitrogens with zero attached hydrogens (tertiary/aromatic N) is 1. The molecule has 0 N–H and O–H groups in total. The third kappa shape index (κ3) is 3.57. The number of benzene rings is 5. The van der Waals surface area contributed by atoms with E-state index in [-0.39, 0.29) is 16.2 Å². The smallest absolute Gasteiger partial charge is 0.0502 e. The monoisotopic (exact) mass is 699 g/mol. The molecule has 51 heavy (non-hydrogen) atoms. The van der Waals surface area contributed by atoms with E-state index in [1.165, 1.54) is 96.7 Å². The van der Waals surface area contributed by atoms with Crippen LogP contribution in [0.4, 0.5) is 17.1 Å². The minimum Gasteiger partial charge on any atom is -0.310 e. The summed E-state index contributed by atoms with van der Waals surface area (Å²) in [5.41, 5.74) is 11.3. The second kappa shape index (κ2) is 9.71. The number of anilines is 3. The maximum atomic E-state index is 2.64. The zero-order valence-electron chi connectivity index (χ0n) is 30.1. The van der Waals surface area contributed by atoms with E-state index in [1.54, 1.807) is 11.1 Å². The van der Waals surface area contributed by atoms with E-state index >= 15 is 0 Å². The third-order valence-electron chi connectivity index (χ3n) is 15.4. The molecule has 6 aliphatic rings. The van der Waals surface area contributed by atoms with Crippen LogP contribution >= 0.6 is 23.1 Å². The minimum atomic E-state index is 0.0770. The van der Waals surface area contributed by atoms with E-state index in [9.17, 15) is 0 Å². The first-order valence-corrected chi connectivity index (χ1v) is 21.1. The van der Waals surface area contributed by atoms with E-state index in [4.69, 9.17) is 0 Å². The van der Waals surface area contributed by atoms with Gasteiger partial charge in [-0.2, -0.15) is 0 Å². The fourth-order valence-electron chi connectivity index (χ4n) is 13.4. The molecule has 2 bridgehead atoms. The fourth-order valence-corrected chi connectivity index (χ4v) is 15.7. The minimum absolute atomic E-state index is 0.0770. The Hall–Kier alpha value is -3.53. The molecule has 0 saturated heterocycles. The normalized spacial score (nSPS) is 31.1.